The number of hydrogen-bond acceptors (Lipinski definition) is 5. The smallest absolute Gasteiger partial charge is 0.256 e. The lowest BCUT2D eigenvalue weighted by Gasteiger charge is -2.45. The molecule has 0 spiro atoms. The van der Waals surface area contributed by atoms with Crippen molar-refractivity contribution in [2.24, 2.45) is 5.14 Å². The van der Waals surface area contributed by atoms with Gasteiger partial charge in [0.1, 0.15) is 28.2 Å². The molecule has 1 aromatic heterocycles. The maximum Gasteiger partial charge on any atom is 0.256 e. The van der Waals surface area contributed by atoms with E-state index in [0.29, 0.717) is 43.1 Å². The molecule has 0 radical (unpaired) electrons. The van der Waals surface area contributed by atoms with Crippen molar-refractivity contribution in [3.05, 3.63) is 95.1 Å². The monoisotopic (exact) mass is 665 g/mol. The number of likely N-dealkylation sites (tertiary alicyclic amines) is 1. The summed E-state index contributed by atoms with van der Waals surface area (Å²) in [5.41, 5.74) is 2.11. The Bertz CT molecular complexity index is 1940. The zero-order valence-corrected chi connectivity index (χ0v) is 27.0. The van der Waals surface area contributed by atoms with E-state index in [1.807, 2.05) is 12.1 Å². The van der Waals surface area contributed by atoms with Crippen LogP contribution in [0.5, 0.6) is 0 Å². The van der Waals surface area contributed by atoms with E-state index < -0.39 is 43.4 Å². The van der Waals surface area contributed by atoms with E-state index in [9.17, 15) is 26.4 Å². The second kappa shape index (κ2) is 12.1. The molecular weight excluding hydrogens is 627 g/mol. The highest BCUT2D eigenvalue weighted by Crippen LogP contribution is 2.45. The summed E-state index contributed by atoms with van der Waals surface area (Å²) in [5.74, 6) is -2.52. The zero-order valence-electron chi connectivity index (χ0n) is 26.2. The van der Waals surface area contributed by atoms with Crippen LogP contribution >= 0.6 is 0 Å². The number of fused-ring (bicyclic) bond motifs is 3. The summed E-state index contributed by atoms with van der Waals surface area (Å²) in [7, 11) is -4.50. The number of primary sulfonamides is 1. The van der Waals surface area contributed by atoms with Crippen molar-refractivity contribution in [2.75, 3.05) is 19.6 Å². The lowest BCUT2D eigenvalue weighted by Crippen LogP contribution is -2.49. The third-order valence-electron chi connectivity index (χ3n) is 10.8. The summed E-state index contributed by atoms with van der Waals surface area (Å²) >= 11 is 0. The van der Waals surface area contributed by atoms with Gasteiger partial charge in [-0.05, 0) is 99.7 Å². The molecule has 0 aliphatic carbocycles. The summed E-state index contributed by atoms with van der Waals surface area (Å²) in [6, 6.07) is 17.2. The van der Waals surface area contributed by atoms with Gasteiger partial charge in [-0.25, -0.2) is 31.7 Å². The molecule has 3 atom stereocenters. The molecule has 4 heterocycles. The molecule has 3 aromatic carbocycles. The standard InChI is InChI=1S/C35H38F3N5O3S/c1-22-40-31-7-2-3-8-32(31)43(22)27-18-25-9-10-26(19-27)42(25)16-13-35(23-5-4-6-24(36)17-23)11-14-41(15-12-35)34(44)28-20-33(47(39,45)46)30(38)21-29(28)37/h2-8,17,20-21,25-27H,9-16,18-19H2,1H3,(H2,39,45,46)/t25-,26+,27?. The summed E-state index contributed by atoms with van der Waals surface area (Å²) in [5, 5.41) is 5.09. The van der Waals surface area contributed by atoms with Gasteiger partial charge in [0.2, 0.25) is 10.0 Å². The minimum absolute atomic E-state index is 0.249. The Kier molecular flexibility index (Phi) is 8.16. The molecule has 4 aromatic rings. The van der Waals surface area contributed by atoms with Crippen molar-refractivity contribution in [3.8, 4) is 0 Å². The number of piperidine rings is 2. The molecule has 3 aliphatic heterocycles. The summed E-state index contributed by atoms with van der Waals surface area (Å²) < 4.78 is 69.5. The van der Waals surface area contributed by atoms with E-state index >= 15 is 0 Å². The van der Waals surface area contributed by atoms with E-state index in [1.54, 1.807) is 12.1 Å². The number of halogens is 3. The first-order chi connectivity index (χ1) is 22.4. The van der Waals surface area contributed by atoms with Crippen LogP contribution in [-0.4, -0.2) is 65.4 Å². The molecule has 3 saturated heterocycles. The molecule has 7 rings (SSSR count). The molecule has 2 bridgehead atoms. The van der Waals surface area contributed by atoms with Gasteiger partial charge in [-0.3, -0.25) is 9.69 Å². The van der Waals surface area contributed by atoms with Crippen LogP contribution in [0, 0.1) is 24.4 Å². The number of imidazole rings is 1. The lowest BCUT2D eigenvalue weighted by molar-refractivity contribution is 0.0602. The molecule has 3 aliphatic rings. The largest absolute Gasteiger partial charge is 0.338 e. The SMILES string of the molecule is Cc1nc2ccccc2n1C1C[C@H]2CC[C@@H](C1)N2CCC1(c2cccc(F)c2)CCN(C(=O)c2cc(S(N)(=O)=O)c(F)cc2F)CC1. The van der Waals surface area contributed by atoms with Gasteiger partial charge in [0.05, 0.1) is 16.6 Å². The van der Waals surface area contributed by atoms with E-state index in [2.05, 4.69) is 34.6 Å². The summed E-state index contributed by atoms with van der Waals surface area (Å²) in [6.45, 7) is 3.41. The molecule has 12 heteroatoms. The van der Waals surface area contributed by atoms with Gasteiger partial charge in [-0.2, -0.15) is 0 Å². The number of rotatable bonds is 7. The predicted molar refractivity (Wildman–Crippen MR) is 172 cm³/mol. The molecule has 248 valence electrons. The zero-order chi connectivity index (χ0) is 33.1. The number of aryl methyl sites for hydroxylation is 1. The number of nitrogens with zero attached hydrogens (tertiary/aromatic N) is 4. The first kappa shape index (κ1) is 31.8. The number of carbonyl (C=O) groups is 1. The summed E-state index contributed by atoms with van der Waals surface area (Å²) in [6.07, 6.45) is 6.13. The normalized spacial score (nSPS) is 23.0. The number of sulfonamides is 1. The van der Waals surface area contributed by atoms with Gasteiger partial charge in [0, 0.05) is 37.3 Å². The highest BCUT2D eigenvalue weighted by Gasteiger charge is 2.44. The van der Waals surface area contributed by atoms with E-state index in [4.69, 9.17) is 10.1 Å². The number of hydrogen-bond donors (Lipinski definition) is 1. The third-order valence-corrected chi connectivity index (χ3v) is 11.8. The molecular formula is C35H38F3N5O3S. The molecule has 47 heavy (non-hydrogen) atoms. The van der Waals surface area contributed by atoms with Gasteiger partial charge in [0.15, 0.2) is 0 Å². The molecule has 0 saturated carbocycles. The lowest BCUT2D eigenvalue weighted by atomic mass is 9.70. The van der Waals surface area contributed by atoms with Crippen molar-refractivity contribution >= 4 is 27.0 Å². The Morgan fingerprint density at radius 1 is 0.936 bits per heavy atom. The van der Waals surface area contributed by atoms with Crippen molar-refractivity contribution in [1.29, 1.82) is 0 Å². The minimum atomic E-state index is -4.50. The van der Waals surface area contributed by atoms with Crippen LogP contribution in [0.15, 0.2) is 65.6 Å². The van der Waals surface area contributed by atoms with Gasteiger partial charge >= 0.3 is 0 Å². The Morgan fingerprint density at radius 2 is 1.64 bits per heavy atom. The van der Waals surface area contributed by atoms with Crippen molar-refractivity contribution in [1.82, 2.24) is 19.4 Å². The van der Waals surface area contributed by atoms with Crippen molar-refractivity contribution < 1.29 is 26.4 Å². The van der Waals surface area contributed by atoms with Crippen LogP contribution < -0.4 is 5.14 Å². The van der Waals surface area contributed by atoms with E-state index in [1.165, 1.54) is 16.5 Å². The number of aromatic nitrogens is 2. The van der Waals surface area contributed by atoms with Crippen LogP contribution in [0.25, 0.3) is 11.0 Å². The maximum atomic E-state index is 14.7. The fourth-order valence-corrected chi connectivity index (χ4v) is 9.12. The number of para-hydroxylation sites is 2. The van der Waals surface area contributed by atoms with E-state index in [0.717, 1.165) is 55.6 Å². The Balaban J connectivity index is 1.09. The fourth-order valence-electron chi connectivity index (χ4n) is 8.51. The topological polar surface area (TPSA) is 102 Å². The molecule has 8 nitrogen and oxygen atoms in total. The van der Waals surface area contributed by atoms with Gasteiger partial charge < -0.3 is 9.47 Å². The van der Waals surface area contributed by atoms with Crippen molar-refractivity contribution in [2.45, 2.75) is 80.3 Å². The number of nitrogens with two attached hydrogens (primary N) is 1. The Morgan fingerprint density at radius 3 is 2.32 bits per heavy atom. The van der Waals surface area contributed by atoms with E-state index in [-0.39, 0.29) is 18.9 Å². The Labute approximate surface area is 272 Å². The first-order valence-electron chi connectivity index (χ1n) is 16.2. The third kappa shape index (κ3) is 5.84. The summed E-state index contributed by atoms with van der Waals surface area (Å²) in [4.78, 5) is 21.4. The quantitative estimate of drug-likeness (QED) is 0.267. The number of carbonyl (C=O) groups excluding carboxylic acids is 1. The highest BCUT2D eigenvalue weighted by molar-refractivity contribution is 7.89. The average molecular weight is 666 g/mol. The average Bonchev–Trinajstić information content (AvgIpc) is 3.49. The Hall–Kier alpha value is -3.74. The molecule has 1 unspecified atom stereocenters. The van der Waals surface area contributed by atoms with Gasteiger partial charge in [-0.15, -0.1) is 0 Å². The number of benzene rings is 3. The molecule has 2 N–H and O–H groups in total. The molecule has 1 amide bonds. The molecule has 3 fully saturated rings. The van der Waals surface area contributed by atoms with Crippen molar-refractivity contribution in [3.63, 3.8) is 0 Å². The first-order valence-corrected chi connectivity index (χ1v) is 17.7. The van der Waals surface area contributed by atoms with Gasteiger partial charge in [0.25, 0.3) is 5.91 Å². The maximum absolute atomic E-state index is 14.7. The fraction of sp³-hybridized carbons (Fsp3) is 0.429. The van der Waals surface area contributed by atoms with Crippen LogP contribution in [0.4, 0.5) is 13.2 Å². The highest BCUT2D eigenvalue weighted by atomic mass is 32.2. The number of amides is 1. The van der Waals surface area contributed by atoms with Gasteiger partial charge in [-0.1, -0.05) is 24.3 Å². The predicted octanol–water partition coefficient (Wildman–Crippen LogP) is 5.84. The van der Waals surface area contributed by atoms with Crippen LogP contribution in [-0.2, 0) is 15.4 Å². The van der Waals surface area contributed by atoms with Crippen LogP contribution in [0.1, 0.15) is 72.7 Å². The second-order valence-electron chi connectivity index (χ2n) is 13.4. The minimum Gasteiger partial charge on any atom is -0.338 e. The second-order valence-corrected chi connectivity index (χ2v) is 14.9. The van der Waals surface area contributed by atoms with Crippen LogP contribution in [0.2, 0.25) is 0 Å². The van der Waals surface area contributed by atoms with Crippen LogP contribution in [0.3, 0.4) is 0 Å².